The van der Waals surface area contributed by atoms with Crippen molar-refractivity contribution in [3.05, 3.63) is 47.8 Å². The number of hydrogen-bond donors (Lipinski definition) is 0. The normalized spacial score (nSPS) is 21.6. The molecule has 2 aliphatic heterocycles. The van der Waals surface area contributed by atoms with Gasteiger partial charge in [-0.05, 0) is 36.4 Å². The zero-order chi connectivity index (χ0) is 19.6. The Kier molecular flexibility index (Phi) is 5.70. The number of piperazine rings is 1. The molecule has 4 rings (SSSR count). The van der Waals surface area contributed by atoms with Gasteiger partial charge in [0.1, 0.15) is 4.21 Å². The first-order valence-electron chi connectivity index (χ1n) is 9.68. The summed E-state index contributed by atoms with van der Waals surface area (Å²) in [5, 5.41) is 1.77. The van der Waals surface area contributed by atoms with Gasteiger partial charge < -0.3 is 9.80 Å². The highest BCUT2D eigenvalue weighted by atomic mass is 32.2. The number of rotatable bonds is 4. The molecule has 150 valence electrons. The van der Waals surface area contributed by atoms with Gasteiger partial charge in [0.05, 0.1) is 5.92 Å². The van der Waals surface area contributed by atoms with Crippen LogP contribution in [0.15, 0.2) is 52.1 Å². The zero-order valence-corrected chi connectivity index (χ0v) is 17.4. The van der Waals surface area contributed by atoms with Crippen LogP contribution in [-0.2, 0) is 14.8 Å². The van der Waals surface area contributed by atoms with Crippen LogP contribution in [0, 0.1) is 5.92 Å². The molecule has 0 radical (unpaired) electrons. The van der Waals surface area contributed by atoms with Crippen LogP contribution < -0.4 is 4.90 Å². The number of thiophene rings is 1. The molecule has 3 heterocycles. The average molecular weight is 420 g/mol. The quantitative estimate of drug-likeness (QED) is 0.764. The number of hydrogen-bond acceptors (Lipinski definition) is 5. The predicted molar refractivity (Wildman–Crippen MR) is 111 cm³/mol. The van der Waals surface area contributed by atoms with Crippen molar-refractivity contribution in [2.24, 2.45) is 5.92 Å². The number of anilines is 1. The minimum atomic E-state index is -3.49. The first-order chi connectivity index (χ1) is 13.6. The van der Waals surface area contributed by atoms with Gasteiger partial charge in [0.15, 0.2) is 0 Å². The van der Waals surface area contributed by atoms with Gasteiger partial charge in [-0.2, -0.15) is 4.31 Å². The van der Waals surface area contributed by atoms with Gasteiger partial charge in [-0.3, -0.25) is 4.79 Å². The lowest BCUT2D eigenvalue weighted by atomic mass is 9.97. The van der Waals surface area contributed by atoms with Gasteiger partial charge in [0, 0.05) is 45.0 Å². The molecule has 2 fully saturated rings. The van der Waals surface area contributed by atoms with Gasteiger partial charge in [0.25, 0.3) is 10.0 Å². The van der Waals surface area contributed by atoms with Crippen LogP contribution >= 0.6 is 11.3 Å². The van der Waals surface area contributed by atoms with Crippen LogP contribution in [-0.4, -0.2) is 62.8 Å². The second-order valence-corrected chi connectivity index (χ2v) is 10.4. The topological polar surface area (TPSA) is 60.9 Å². The highest BCUT2D eigenvalue weighted by Crippen LogP contribution is 2.27. The largest absolute Gasteiger partial charge is 0.368 e. The average Bonchev–Trinajstić information content (AvgIpc) is 3.30. The summed E-state index contributed by atoms with van der Waals surface area (Å²) in [4.78, 5) is 17.2. The van der Waals surface area contributed by atoms with E-state index in [-0.39, 0.29) is 18.4 Å². The van der Waals surface area contributed by atoms with Crippen molar-refractivity contribution in [3.63, 3.8) is 0 Å². The molecule has 0 bridgehead atoms. The molecule has 0 saturated carbocycles. The van der Waals surface area contributed by atoms with E-state index in [2.05, 4.69) is 17.0 Å². The lowest BCUT2D eigenvalue weighted by molar-refractivity contribution is -0.137. The fourth-order valence-electron chi connectivity index (χ4n) is 3.98. The van der Waals surface area contributed by atoms with Crippen LogP contribution in [0.5, 0.6) is 0 Å². The Bertz CT molecular complexity index is 892. The summed E-state index contributed by atoms with van der Waals surface area (Å²) in [5.74, 6) is -0.148. The maximum absolute atomic E-state index is 13.0. The molecule has 0 aliphatic carbocycles. The zero-order valence-electron chi connectivity index (χ0n) is 15.7. The summed E-state index contributed by atoms with van der Waals surface area (Å²) in [6, 6.07) is 13.6. The van der Waals surface area contributed by atoms with Crippen molar-refractivity contribution in [3.8, 4) is 0 Å². The fourth-order valence-corrected chi connectivity index (χ4v) is 6.65. The molecular weight excluding hydrogens is 394 g/mol. The number of carbonyl (C=O) groups excluding carboxylic acids is 1. The highest BCUT2D eigenvalue weighted by Gasteiger charge is 2.36. The monoisotopic (exact) mass is 419 g/mol. The van der Waals surface area contributed by atoms with E-state index in [1.54, 1.807) is 17.5 Å². The lowest BCUT2D eigenvalue weighted by Crippen LogP contribution is -2.53. The molecule has 0 N–H and O–H groups in total. The second kappa shape index (κ2) is 8.23. The first kappa shape index (κ1) is 19.4. The number of para-hydroxylation sites is 1. The molecule has 6 nitrogen and oxygen atoms in total. The second-order valence-electron chi connectivity index (χ2n) is 7.28. The third-order valence-corrected chi connectivity index (χ3v) is 8.77. The van der Waals surface area contributed by atoms with Crippen LogP contribution in [0.1, 0.15) is 12.8 Å². The Labute approximate surface area is 170 Å². The standard InChI is InChI=1S/C20H25N3O3S2/c24-20(22-13-11-21(12-14-22)18-7-2-1-3-8-18)17-6-4-10-23(16-17)28(25,26)19-9-5-15-27-19/h1-3,5,7-9,15,17H,4,6,10-14,16H2. The van der Waals surface area contributed by atoms with E-state index < -0.39 is 10.0 Å². The third kappa shape index (κ3) is 3.94. The van der Waals surface area contributed by atoms with Crippen LogP contribution in [0.2, 0.25) is 0 Å². The van der Waals surface area contributed by atoms with E-state index in [1.165, 1.54) is 21.3 Å². The van der Waals surface area contributed by atoms with Crippen LogP contribution in [0.4, 0.5) is 5.69 Å². The summed E-state index contributed by atoms with van der Waals surface area (Å²) >= 11 is 1.23. The van der Waals surface area contributed by atoms with Crippen molar-refractivity contribution < 1.29 is 13.2 Å². The molecule has 2 aliphatic rings. The molecule has 1 aromatic heterocycles. The molecular formula is C20H25N3O3S2. The van der Waals surface area contributed by atoms with Crippen molar-refractivity contribution in [2.45, 2.75) is 17.1 Å². The molecule has 28 heavy (non-hydrogen) atoms. The molecule has 1 aromatic carbocycles. The minimum absolute atomic E-state index is 0.0961. The summed E-state index contributed by atoms with van der Waals surface area (Å²) in [6.07, 6.45) is 1.49. The number of nitrogens with zero attached hydrogens (tertiary/aromatic N) is 3. The molecule has 2 saturated heterocycles. The minimum Gasteiger partial charge on any atom is -0.368 e. The number of piperidine rings is 1. The van der Waals surface area contributed by atoms with E-state index in [4.69, 9.17) is 0 Å². The van der Waals surface area contributed by atoms with E-state index in [0.717, 1.165) is 25.9 Å². The van der Waals surface area contributed by atoms with Crippen molar-refractivity contribution >= 4 is 33.0 Å². The number of benzene rings is 1. The Hall–Kier alpha value is -1.90. The summed E-state index contributed by atoms with van der Waals surface area (Å²) in [6.45, 7) is 3.76. The summed E-state index contributed by atoms with van der Waals surface area (Å²) in [5.41, 5.74) is 1.18. The van der Waals surface area contributed by atoms with Crippen molar-refractivity contribution in [1.82, 2.24) is 9.21 Å². The lowest BCUT2D eigenvalue weighted by Gasteiger charge is -2.39. The van der Waals surface area contributed by atoms with Crippen molar-refractivity contribution in [2.75, 3.05) is 44.2 Å². The summed E-state index contributed by atoms with van der Waals surface area (Å²) < 4.78 is 27.4. The summed E-state index contributed by atoms with van der Waals surface area (Å²) in [7, 11) is -3.49. The maximum Gasteiger partial charge on any atom is 0.252 e. The van der Waals surface area contributed by atoms with Gasteiger partial charge in [0.2, 0.25) is 5.91 Å². The SMILES string of the molecule is O=C(C1CCCN(S(=O)(=O)c2cccs2)C1)N1CCN(c2ccccc2)CC1. The van der Waals surface area contributed by atoms with E-state index >= 15 is 0 Å². The molecule has 2 aromatic rings. The fraction of sp³-hybridized carbons (Fsp3) is 0.450. The van der Waals surface area contributed by atoms with Crippen LogP contribution in [0.3, 0.4) is 0 Å². The van der Waals surface area contributed by atoms with E-state index in [9.17, 15) is 13.2 Å². The third-order valence-electron chi connectivity index (χ3n) is 5.54. The number of carbonyl (C=O) groups is 1. The molecule has 8 heteroatoms. The molecule has 1 unspecified atom stereocenters. The van der Waals surface area contributed by atoms with E-state index in [0.29, 0.717) is 23.8 Å². The molecule has 1 atom stereocenters. The van der Waals surface area contributed by atoms with Crippen LogP contribution in [0.25, 0.3) is 0 Å². The Morgan fingerprint density at radius 3 is 2.39 bits per heavy atom. The van der Waals surface area contributed by atoms with Gasteiger partial charge in [-0.25, -0.2) is 8.42 Å². The van der Waals surface area contributed by atoms with Gasteiger partial charge in [-0.15, -0.1) is 11.3 Å². The highest BCUT2D eigenvalue weighted by molar-refractivity contribution is 7.91. The van der Waals surface area contributed by atoms with Gasteiger partial charge in [-0.1, -0.05) is 24.3 Å². The first-order valence-corrected chi connectivity index (χ1v) is 12.0. The Morgan fingerprint density at radius 1 is 0.964 bits per heavy atom. The Balaban J connectivity index is 1.37. The number of amides is 1. The maximum atomic E-state index is 13.0. The van der Waals surface area contributed by atoms with Gasteiger partial charge >= 0.3 is 0 Å². The molecule has 1 amide bonds. The molecule has 0 spiro atoms. The Morgan fingerprint density at radius 2 is 1.71 bits per heavy atom. The smallest absolute Gasteiger partial charge is 0.252 e. The number of sulfonamides is 1. The predicted octanol–water partition coefficient (Wildman–Crippen LogP) is 2.50. The van der Waals surface area contributed by atoms with Crippen molar-refractivity contribution in [1.29, 1.82) is 0 Å². The van der Waals surface area contributed by atoms with E-state index in [1.807, 2.05) is 23.1 Å².